The average Bonchev–Trinajstić information content (AvgIpc) is 3.24. The van der Waals surface area contributed by atoms with Crippen LogP contribution in [0.25, 0.3) is 0 Å². The van der Waals surface area contributed by atoms with Crippen molar-refractivity contribution in [3.8, 4) is 0 Å². The number of rotatable bonds is 9. The number of nitrogens with zero attached hydrogens (tertiary/aromatic N) is 1. The molecule has 0 aliphatic carbocycles. The first kappa shape index (κ1) is 33.0. The van der Waals surface area contributed by atoms with Crippen molar-refractivity contribution in [1.29, 1.82) is 0 Å². The highest BCUT2D eigenvalue weighted by Gasteiger charge is 2.49. The molecule has 2 aromatic rings. The molecular weight excluding hydrogens is 552 g/mol. The van der Waals surface area contributed by atoms with Gasteiger partial charge in [0.1, 0.15) is 23.7 Å². The van der Waals surface area contributed by atoms with Gasteiger partial charge in [-0.1, -0.05) is 74.5 Å². The Labute approximate surface area is 253 Å². The van der Waals surface area contributed by atoms with Gasteiger partial charge in [0.05, 0.1) is 10.9 Å². The average molecular weight is 597 g/mol. The van der Waals surface area contributed by atoms with Crippen molar-refractivity contribution in [2.24, 2.45) is 5.92 Å². The molecule has 228 valence electrons. The Balaban J connectivity index is 1.81. The second-order valence-corrected chi connectivity index (χ2v) is 14.0. The lowest BCUT2D eigenvalue weighted by Gasteiger charge is -2.38. The summed E-state index contributed by atoms with van der Waals surface area (Å²) in [5, 5.41) is 8.51. The molecule has 0 spiro atoms. The molecule has 0 radical (unpaired) electrons. The van der Waals surface area contributed by atoms with Crippen molar-refractivity contribution in [2.75, 3.05) is 5.75 Å². The SMILES string of the molecule is CC(C)[C@H](NC(=O)[C@H](C)NC(=O)OC(C)(C)C)C(=O)N1[C@@H](C(=O)NC(c2ccccc2)c2ccccc2)CSC1(C)C. The first-order valence-corrected chi connectivity index (χ1v) is 15.3. The Bertz CT molecular complexity index is 1210. The zero-order valence-electron chi connectivity index (χ0n) is 25.8. The summed E-state index contributed by atoms with van der Waals surface area (Å²) in [6.07, 6.45) is -0.724. The van der Waals surface area contributed by atoms with Crippen LogP contribution in [-0.4, -0.2) is 63.1 Å². The molecular formula is C32H44N4O5S. The molecule has 1 saturated heterocycles. The summed E-state index contributed by atoms with van der Waals surface area (Å²) in [5.74, 6) is -1.01. The third-order valence-corrected chi connectivity index (χ3v) is 8.32. The van der Waals surface area contributed by atoms with E-state index in [0.717, 1.165) is 11.1 Å². The van der Waals surface area contributed by atoms with Crippen molar-refractivity contribution in [3.05, 3.63) is 71.8 Å². The maximum Gasteiger partial charge on any atom is 0.408 e. The smallest absolute Gasteiger partial charge is 0.408 e. The van der Waals surface area contributed by atoms with E-state index in [1.54, 1.807) is 25.7 Å². The molecule has 0 unspecified atom stereocenters. The van der Waals surface area contributed by atoms with E-state index in [-0.39, 0.29) is 17.7 Å². The van der Waals surface area contributed by atoms with Gasteiger partial charge < -0.3 is 25.6 Å². The lowest BCUT2D eigenvalue weighted by Crippen LogP contribution is -2.61. The Hall–Kier alpha value is -3.53. The minimum atomic E-state index is -0.938. The number of amides is 4. The van der Waals surface area contributed by atoms with Crippen LogP contribution < -0.4 is 16.0 Å². The number of thioether (sulfide) groups is 1. The van der Waals surface area contributed by atoms with Crippen molar-refractivity contribution in [3.63, 3.8) is 0 Å². The molecule has 0 bridgehead atoms. The Kier molecular flexibility index (Phi) is 10.7. The van der Waals surface area contributed by atoms with E-state index in [0.29, 0.717) is 5.75 Å². The van der Waals surface area contributed by atoms with E-state index in [1.165, 1.54) is 18.7 Å². The minimum absolute atomic E-state index is 0.270. The van der Waals surface area contributed by atoms with E-state index < -0.39 is 46.6 Å². The lowest BCUT2D eigenvalue weighted by atomic mass is 9.97. The quantitative estimate of drug-likeness (QED) is 0.389. The van der Waals surface area contributed by atoms with Crippen LogP contribution in [0.2, 0.25) is 0 Å². The topological polar surface area (TPSA) is 117 Å². The van der Waals surface area contributed by atoms with Gasteiger partial charge in [-0.25, -0.2) is 4.79 Å². The van der Waals surface area contributed by atoms with E-state index >= 15 is 0 Å². The first-order chi connectivity index (χ1) is 19.6. The normalized spacial score (nSPS) is 17.9. The monoisotopic (exact) mass is 596 g/mol. The summed E-state index contributed by atoms with van der Waals surface area (Å²) in [6.45, 7) is 14.2. The van der Waals surface area contributed by atoms with Crippen LogP contribution in [0.3, 0.4) is 0 Å². The molecule has 3 rings (SSSR count). The van der Waals surface area contributed by atoms with E-state index in [4.69, 9.17) is 4.74 Å². The summed E-state index contributed by atoms with van der Waals surface area (Å²) in [6, 6.07) is 16.4. The minimum Gasteiger partial charge on any atom is -0.444 e. The van der Waals surface area contributed by atoms with Gasteiger partial charge in [0, 0.05) is 5.75 Å². The fraction of sp³-hybridized carbons (Fsp3) is 0.500. The fourth-order valence-corrected chi connectivity index (χ4v) is 6.02. The molecule has 1 aliphatic heterocycles. The van der Waals surface area contributed by atoms with Crippen LogP contribution in [-0.2, 0) is 19.1 Å². The number of nitrogens with one attached hydrogen (secondary N) is 3. The predicted octanol–water partition coefficient (Wildman–Crippen LogP) is 4.63. The molecule has 1 fully saturated rings. The van der Waals surface area contributed by atoms with Gasteiger partial charge >= 0.3 is 6.09 Å². The highest BCUT2D eigenvalue weighted by Crippen LogP contribution is 2.40. The van der Waals surface area contributed by atoms with Crippen molar-refractivity contribution >= 4 is 35.6 Å². The van der Waals surface area contributed by atoms with Gasteiger partial charge in [-0.3, -0.25) is 14.4 Å². The highest BCUT2D eigenvalue weighted by molar-refractivity contribution is 8.00. The molecule has 3 atom stereocenters. The molecule has 0 aromatic heterocycles. The lowest BCUT2D eigenvalue weighted by molar-refractivity contribution is -0.146. The van der Waals surface area contributed by atoms with Gasteiger partial charge in [-0.05, 0) is 58.6 Å². The summed E-state index contributed by atoms with van der Waals surface area (Å²) in [4.78, 5) is 54.2. The molecule has 2 aromatic carbocycles. The molecule has 9 nitrogen and oxygen atoms in total. The number of alkyl carbamates (subject to hydrolysis) is 1. The van der Waals surface area contributed by atoms with Gasteiger partial charge in [-0.2, -0.15) is 0 Å². The Morgan fingerprint density at radius 3 is 1.88 bits per heavy atom. The number of hydrogen-bond donors (Lipinski definition) is 3. The molecule has 1 aliphatic rings. The van der Waals surface area contributed by atoms with Gasteiger partial charge in [0.15, 0.2) is 0 Å². The maximum atomic E-state index is 14.1. The van der Waals surface area contributed by atoms with Crippen LogP contribution >= 0.6 is 11.8 Å². The second-order valence-electron chi connectivity index (χ2n) is 12.3. The van der Waals surface area contributed by atoms with Crippen LogP contribution in [0.1, 0.15) is 72.6 Å². The zero-order chi connectivity index (χ0) is 31.2. The van der Waals surface area contributed by atoms with Crippen molar-refractivity contribution in [2.45, 2.75) is 90.0 Å². The summed E-state index contributed by atoms with van der Waals surface area (Å²) in [7, 11) is 0. The number of benzene rings is 2. The molecule has 10 heteroatoms. The molecule has 4 amide bonds. The fourth-order valence-electron chi connectivity index (χ4n) is 4.79. The standard InChI is InChI=1S/C32H44N4O5S/c1-20(2)25(34-27(37)21(3)33-30(40)41-31(4,5)6)29(39)36-24(19-42-32(36,7)8)28(38)35-26(22-15-11-9-12-16-22)23-17-13-10-14-18-23/h9-18,20-21,24-26H,19H2,1-8H3,(H,33,40)(H,34,37)(H,35,38)/t21-,24+,25-/m0/s1. The maximum absolute atomic E-state index is 14.1. The predicted molar refractivity (Wildman–Crippen MR) is 166 cm³/mol. The molecule has 0 saturated carbocycles. The third-order valence-electron chi connectivity index (χ3n) is 6.94. The second kappa shape index (κ2) is 13.6. The number of hydrogen-bond acceptors (Lipinski definition) is 6. The van der Waals surface area contributed by atoms with E-state index in [9.17, 15) is 19.2 Å². The number of carbonyl (C=O) groups excluding carboxylic acids is 4. The Morgan fingerprint density at radius 2 is 1.40 bits per heavy atom. The van der Waals surface area contributed by atoms with Crippen LogP contribution in [0.15, 0.2) is 60.7 Å². The highest BCUT2D eigenvalue weighted by atomic mass is 32.2. The Morgan fingerprint density at radius 1 is 0.881 bits per heavy atom. The third kappa shape index (κ3) is 8.50. The first-order valence-electron chi connectivity index (χ1n) is 14.3. The molecule has 1 heterocycles. The van der Waals surface area contributed by atoms with E-state index in [2.05, 4.69) is 16.0 Å². The van der Waals surface area contributed by atoms with Gasteiger partial charge in [-0.15, -0.1) is 11.8 Å². The van der Waals surface area contributed by atoms with Crippen LogP contribution in [0, 0.1) is 5.92 Å². The van der Waals surface area contributed by atoms with Crippen molar-refractivity contribution < 1.29 is 23.9 Å². The van der Waals surface area contributed by atoms with Crippen LogP contribution in [0.5, 0.6) is 0 Å². The molecule has 42 heavy (non-hydrogen) atoms. The number of ether oxygens (including phenoxy) is 1. The summed E-state index contributed by atoms with van der Waals surface area (Å²) < 4.78 is 5.25. The zero-order valence-corrected chi connectivity index (χ0v) is 26.6. The molecule has 3 N–H and O–H groups in total. The largest absolute Gasteiger partial charge is 0.444 e. The number of carbonyl (C=O) groups is 4. The van der Waals surface area contributed by atoms with Gasteiger partial charge in [0.2, 0.25) is 17.7 Å². The van der Waals surface area contributed by atoms with Crippen molar-refractivity contribution in [1.82, 2.24) is 20.9 Å². The van der Waals surface area contributed by atoms with E-state index in [1.807, 2.05) is 88.4 Å². The summed E-state index contributed by atoms with van der Waals surface area (Å²) >= 11 is 1.52. The summed E-state index contributed by atoms with van der Waals surface area (Å²) in [5.41, 5.74) is 1.14. The van der Waals surface area contributed by atoms with Gasteiger partial charge in [0.25, 0.3) is 0 Å². The van der Waals surface area contributed by atoms with Crippen LogP contribution in [0.4, 0.5) is 4.79 Å².